The molecule has 2 rings (SSSR count). The van der Waals surface area contributed by atoms with Crippen molar-refractivity contribution >= 4 is 11.8 Å². The Morgan fingerprint density at radius 3 is 2.48 bits per heavy atom. The van der Waals surface area contributed by atoms with Gasteiger partial charge in [-0.2, -0.15) is 13.2 Å². The number of likely N-dealkylation sites (tertiary alicyclic amines) is 1. The van der Waals surface area contributed by atoms with Crippen molar-refractivity contribution in [1.82, 2.24) is 10.2 Å². The Bertz CT molecular complexity index is 572. The lowest BCUT2D eigenvalue weighted by molar-refractivity contribution is -0.143. The van der Waals surface area contributed by atoms with Crippen LogP contribution in [0.15, 0.2) is 24.3 Å². The van der Waals surface area contributed by atoms with Crippen molar-refractivity contribution in [3.05, 3.63) is 35.6 Å². The molecule has 1 aliphatic heterocycles. The lowest BCUT2D eigenvalue weighted by Crippen LogP contribution is -2.38. The first kappa shape index (κ1) is 17.2. The summed E-state index contributed by atoms with van der Waals surface area (Å²) in [5.74, 6) is -1.88. The Morgan fingerprint density at radius 1 is 1.22 bits per heavy atom. The maximum absolute atomic E-state index is 13.0. The molecule has 0 bridgehead atoms. The van der Waals surface area contributed by atoms with E-state index in [9.17, 15) is 27.2 Å². The fourth-order valence-corrected chi connectivity index (χ4v) is 2.60. The summed E-state index contributed by atoms with van der Waals surface area (Å²) in [7, 11) is 0. The second kappa shape index (κ2) is 6.97. The second-order valence-electron chi connectivity index (χ2n) is 5.37. The van der Waals surface area contributed by atoms with Crippen LogP contribution in [0, 0.1) is 5.82 Å². The van der Waals surface area contributed by atoms with Gasteiger partial charge >= 0.3 is 6.18 Å². The smallest absolute Gasteiger partial charge is 0.347 e. The minimum atomic E-state index is -4.51. The quantitative estimate of drug-likeness (QED) is 0.680. The average molecular weight is 332 g/mol. The first-order valence-electron chi connectivity index (χ1n) is 7.14. The van der Waals surface area contributed by atoms with E-state index in [2.05, 4.69) is 0 Å². The number of rotatable bonds is 4. The third-order valence-corrected chi connectivity index (χ3v) is 3.63. The van der Waals surface area contributed by atoms with Gasteiger partial charge in [-0.1, -0.05) is 12.1 Å². The number of benzene rings is 1. The molecule has 4 nitrogen and oxygen atoms in total. The molecule has 0 aliphatic carbocycles. The summed E-state index contributed by atoms with van der Waals surface area (Å²) in [6, 6.07) is 5.42. The average Bonchev–Trinajstić information content (AvgIpc) is 2.95. The molecule has 1 heterocycles. The molecule has 1 aliphatic rings. The highest BCUT2D eigenvalue weighted by molar-refractivity contribution is 5.97. The van der Waals surface area contributed by atoms with Crippen LogP contribution >= 0.6 is 0 Å². The third kappa shape index (κ3) is 4.94. The molecule has 23 heavy (non-hydrogen) atoms. The molecule has 0 radical (unpaired) electrons. The highest BCUT2D eigenvalue weighted by Crippen LogP contribution is 2.32. The molecule has 1 saturated heterocycles. The summed E-state index contributed by atoms with van der Waals surface area (Å²) in [6.07, 6.45) is -3.75. The van der Waals surface area contributed by atoms with E-state index in [0.29, 0.717) is 13.0 Å². The van der Waals surface area contributed by atoms with Gasteiger partial charge in [0.05, 0.1) is 6.04 Å². The van der Waals surface area contributed by atoms with Crippen LogP contribution in [0.2, 0.25) is 0 Å². The molecule has 126 valence electrons. The monoisotopic (exact) mass is 332 g/mol. The zero-order chi connectivity index (χ0) is 17.0. The van der Waals surface area contributed by atoms with Gasteiger partial charge in [-0.25, -0.2) is 4.39 Å². The number of amides is 2. The van der Waals surface area contributed by atoms with E-state index in [1.807, 2.05) is 0 Å². The molecule has 1 N–H and O–H groups in total. The molecule has 2 amide bonds. The summed E-state index contributed by atoms with van der Waals surface area (Å²) in [4.78, 5) is 25.0. The van der Waals surface area contributed by atoms with Gasteiger partial charge in [0.25, 0.3) is 0 Å². The van der Waals surface area contributed by atoms with Crippen molar-refractivity contribution in [3.63, 3.8) is 0 Å². The van der Waals surface area contributed by atoms with Gasteiger partial charge in [0, 0.05) is 6.54 Å². The van der Waals surface area contributed by atoms with Crippen LogP contribution in [0.1, 0.15) is 30.9 Å². The Kier molecular flexibility index (Phi) is 5.23. The van der Waals surface area contributed by atoms with Crippen LogP contribution < -0.4 is 5.32 Å². The lowest BCUT2D eigenvalue weighted by Gasteiger charge is -2.25. The number of hydrogen-bond donors (Lipinski definition) is 1. The molecule has 0 saturated carbocycles. The second-order valence-corrected chi connectivity index (χ2v) is 5.37. The fraction of sp³-hybridized carbons (Fsp3) is 0.467. The van der Waals surface area contributed by atoms with E-state index in [4.69, 9.17) is 0 Å². The summed E-state index contributed by atoms with van der Waals surface area (Å²) < 4.78 is 49.0. The van der Waals surface area contributed by atoms with E-state index < -0.39 is 36.8 Å². The van der Waals surface area contributed by atoms with Crippen LogP contribution in [0.5, 0.6) is 0 Å². The zero-order valence-electron chi connectivity index (χ0n) is 12.2. The molecular weight excluding hydrogens is 316 g/mol. The predicted molar refractivity (Wildman–Crippen MR) is 73.8 cm³/mol. The molecule has 8 heteroatoms. The summed E-state index contributed by atoms with van der Waals surface area (Å²) in [5, 5.41) is 1.68. The van der Waals surface area contributed by atoms with Crippen LogP contribution in [0.4, 0.5) is 17.6 Å². The first-order valence-corrected chi connectivity index (χ1v) is 7.14. The largest absolute Gasteiger partial charge is 0.405 e. The fourth-order valence-electron chi connectivity index (χ4n) is 2.60. The van der Waals surface area contributed by atoms with Crippen LogP contribution in [0.3, 0.4) is 0 Å². The van der Waals surface area contributed by atoms with Gasteiger partial charge in [-0.15, -0.1) is 0 Å². The highest BCUT2D eigenvalue weighted by atomic mass is 19.4. The number of alkyl halides is 3. The van der Waals surface area contributed by atoms with E-state index in [1.165, 1.54) is 17.0 Å². The SMILES string of the molecule is O=C(CC(=O)N1CCC[C@@H]1c1ccc(F)cc1)NCC(F)(F)F. The number of nitrogens with zero attached hydrogens (tertiary/aromatic N) is 1. The number of carbonyl (C=O) groups is 2. The molecule has 1 atom stereocenters. The minimum Gasteiger partial charge on any atom is -0.347 e. The number of carbonyl (C=O) groups excluding carboxylic acids is 2. The van der Waals surface area contributed by atoms with Crippen molar-refractivity contribution in [3.8, 4) is 0 Å². The van der Waals surface area contributed by atoms with Gasteiger partial charge in [-0.3, -0.25) is 9.59 Å². The Morgan fingerprint density at radius 2 is 1.87 bits per heavy atom. The van der Waals surface area contributed by atoms with Gasteiger partial charge in [0.15, 0.2) is 0 Å². The zero-order valence-corrected chi connectivity index (χ0v) is 12.2. The summed E-state index contributed by atoms with van der Waals surface area (Å²) in [5.41, 5.74) is 0.743. The maximum Gasteiger partial charge on any atom is 0.405 e. The first-order chi connectivity index (χ1) is 10.8. The van der Waals surface area contributed by atoms with Crippen LogP contribution in [-0.4, -0.2) is 36.0 Å². The van der Waals surface area contributed by atoms with E-state index in [0.717, 1.165) is 12.0 Å². The predicted octanol–water partition coefficient (Wildman–Crippen LogP) is 2.56. The van der Waals surface area contributed by atoms with Crippen LogP contribution in [-0.2, 0) is 9.59 Å². The number of hydrogen-bond acceptors (Lipinski definition) is 2. The Hall–Kier alpha value is -2.12. The Balaban J connectivity index is 1.95. The molecule has 1 aromatic carbocycles. The van der Waals surface area contributed by atoms with Crippen molar-refractivity contribution in [2.45, 2.75) is 31.5 Å². The topological polar surface area (TPSA) is 49.4 Å². The van der Waals surface area contributed by atoms with Crippen molar-refractivity contribution in [2.75, 3.05) is 13.1 Å². The maximum atomic E-state index is 13.0. The van der Waals surface area contributed by atoms with Gasteiger partial charge < -0.3 is 10.2 Å². The van der Waals surface area contributed by atoms with Gasteiger partial charge in [0.2, 0.25) is 11.8 Å². The van der Waals surface area contributed by atoms with Gasteiger partial charge in [0.1, 0.15) is 18.8 Å². The third-order valence-electron chi connectivity index (χ3n) is 3.63. The summed E-state index contributed by atoms with van der Waals surface area (Å²) in [6.45, 7) is -1.03. The van der Waals surface area contributed by atoms with Crippen LogP contribution in [0.25, 0.3) is 0 Å². The van der Waals surface area contributed by atoms with E-state index in [-0.39, 0.29) is 6.04 Å². The molecule has 0 unspecified atom stereocenters. The molecule has 1 fully saturated rings. The van der Waals surface area contributed by atoms with E-state index in [1.54, 1.807) is 17.4 Å². The molecule has 1 aromatic rings. The van der Waals surface area contributed by atoms with Crippen molar-refractivity contribution in [2.24, 2.45) is 0 Å². The lowest BCUT2D eigenvalue weighted by atomic mass is 10.0. The normalized spacial score (nSPS) is 18.1. The number of nitrogens with one attached hydrogen (secondary N) is 1. The minimum absolute atomic E-state index is 0.279. The van der Waals surface area contributed by atoms with Gasteiger partial charge in [-0.05, 0) is 30.5 Å². The van der Waals surface area contributed by atoms with E-state index >= 15 is 0 Å². The Labute approximate surface area is 130 Å². The molecule has 0 aromatic heterocycles. The summed E-state index contributed by atoms with van der Waals surface area (Å²) >= 11 is 0. The number of halogens is 4. The standard InChI is InChI=1S/C15H16F4N2O2/c16-11-5-3-10(4-6-11)12-2-1-7-21(12)14(23)8-13(22)20-9-15(17,18)19/h3-6,12H,1-2,7-9H2,(H,20,22)/t12-/m1/s1. The molecule has 0 spiro atoms. The van der Waals surface area contributed by atoms with Crippen molar-refractivity contribution in [1.29, 1.82) is 0 Å². The highest BCUT2D eigenvalue weighted by Gasteiger charge is 2.32. The van der Waals surface area contributed by atoms with Crippen molar-refractivity contribution < 1.29 is 27.2 Å². The molecular formula is C15H16F4N2O2.